The molecule has 0 spiro atoms. The number of nitrogens with one attached hydrogen (secondary N) is 1. The number of amides is 2. The van der Waals surface area contributed by atoms with Crippen LogP contribution < -0.4 is 5.32 Å². The number of benzene rings is 2. The molecule has 0 aromatic heterocycles. The number of ether oxygens (including phenoxy) is 1. The summed E-state index contributed by atoms with van der Waals surface area (Å²) in [6.45, 7) is 3.53. The number of halogens is 1. The Bertz CT molecular complexity index is 1120. The van der Waals surface area contributed by atoms with Crippen molar-refractivity contribution in [3.05, 3.63) is 77.3 Å². The highest BCUT2D eigenvalue weighted by Crippen LogP contribution is 2.48. The van der Waals surface area contributed by atoms with Crippen LogP contribution >= 0.6 is 11.6 Å². The molecule has 2 N–H and O–H groups in total. The number of anilines is 1. The van der Waals surface area contributed by atoms with Crippen LogP contribution in [-0.4, -0.2) is 47.0 Å². The van der Waals surface area contributed by atoms with Gasteiger partial charge in [-0.1, -0.05) is 61.0 Å². The minimum absolute atomic E-state index is 0.182. The Morgan fingerprint density at radius 2 is 1.78 bits per heavy atom. The van der Waals surface area contributed by atoms with Crippen molar-refractivity contribution in [1.82, 2.24) is 4.90 Å². The predicted molar refractivity (Wildman–Crippen MR) is 137 cm³/mol. The molecule has 8 heteroatoms. The predicted octanol–water partition coefficient (Wildman–Crippen LogP) is 4.23. The minimum Gasteiger partial charge on any atom is -0.466 e. The zero-order chi connectivity index (χ0) is 25.8. The first kappa shape index (κ1) is 25.9. The lowest BCUT2D eigenvalue weighted by atomic mass is 9.69. The summed E-state index contributed by atoms with van der Waals surface area (Å²) in [4.78, 5) is 42.4. The Kier molecular flexibility index (Phi) is 8.11. The van der Waals surface area contributed by atoms with Crippen molar-refractivity contribution in [3.63, 3.8) is 0 Å². The van der Waals surface area contributed by atoms with Crippen LogP contribution in [0.1, 0.15) is 31.9 Å². The van der Waals surface area contributed by atoms with E-state index in [0.29, 0.717) is 22.7 Å². The molecule has 1 fully saturated rings. The fourth-order valence-electron chi connectivity index (χ4n) is 5.51. The van der Waals surface area contributed by atoms with E-state index in [-0.39, 0.29) is 25.0 Å². The van der Waals surface area contributed by atoms with Crippen molar-refractivity contribution >= 4 is 35.1 Å². The zero-order valence-electron chi connectivity index (χ0n) is 20.3. The van der Waals surface area contributed by atoms with Crippen molar-refractivity contribution in [1.29, 1.82) is 0 Å². The summed E-state index contributed by atoms with van der Waals surface area (Å²) in [7, 11) is 0. The summed E-state index contributed by atoms with van der Waals surface area (Å²) >= 11 is 5.99. The number of aliphatic hydroxyl groups excluding tert-OH is 1. The zero-order valence-corrected chi connectivity index (χ0v) is 21.1. The molecule has 4 rings (SSSR count). The molecule has 1 aliphatic heterocycles. The van der Waals surface area contributed by atoms with Gasteiger partial charge in [-0.05, 0) is 49.1 Å². The number of esters is 1. The molecule has 36 heavy (non-hydrogen) atoms. The first-order valence-corrected chi connectivity index (χ1v) is 12.7. The van der Waals surface area contributed by atoms with Crippen LogP contribution in [0, 0.1) is 23.7 Å². The summed E-state index contributed by atoms with van der Waals surface area (Å²) in [5.74, 6) is -3.37. The SMILES string of the molecule is CCOC(=O)[C@H]1[C@H]2C(=O)N([C@H](CO)c3ccccc3)[C@H](C(=O)Nc3ccc(Cl)cc3)[C@H]2C=C[C@H]1CC. The van der Waals surface area contributed by atoms with Gasteiger partial charge in [0.25, 0.3) is 0 Å². The van der Waals surface area contributed by atoms with Gasteiger partial charge in [-0.3, -0.25) is 14.4 Å². The summed E-state index contributed by atoms with van der Waals surface area (Å²) in [5, 5.41) is 13.9. The number of rotatable bonds is 8. The molecule has 2 aliphatic rings. The van der Waals surface area contributed by atoms with E-state index in [4.69, 9.17) is 16.3 Å². The molecule has 2 amide bonds. The number of nitrogens with zero attached hydrogens (tertiary/aromatic N) is 1. The maximum absolute atomic E-state index is 14.1. The number of allylic oxidation sites excluding steroid dienone is 1. The van der Waals surface area contributed by atoms with Gasteiger partial charge >= 0.3 is 5.97 Å². The second-order valence-electron chi connectivity index (χ2n) is 9.13. The highest BCUT2D eigenvalue weighted by molar-refractivity contribution is 6.30. The Balaban J connectivity index is 1.78. The normalized spacial score (nSPS) is 25.8. The lowest BCUT2D eigenvalue weighted by Gasteiger charge is -2.34. The maximum atomic E-state index is 14.1. The number of carbonyl (C=O) groups is 3. The Morgan fingerprint density at radius 3 is 2.39 bits per heavy atom. The smallest absolute Gasteiger partial charge is 0.310 e. The van der Waals surface area contributed by atoms with E-state index >= 15 is 0 Å². The molecule has 2 aromatic carbocycles. The average molecular weight is 511 g/mol. The third-order valence-corrected chi connectivity index (χ3v) is 7.40. The number of aliphatic hydroxyl groups is 1. The molecule has 1 heterocycles. The molecule has 2 aromatic rings. The molecule has 0 saturated carbocycles. The van der Waals surface area contributed by atoms with Crippen LogP contribution in [0.4, 0.5) is 5.69 Å². The van der Waals surface area contributed by atoms with Crippen LogP contribution in [0.15, 0.2) is 66.7 Å². The largest absolute Gasteiger partial charge is 0.466 e. The lowest BCUT2D eigenvalue weighted by Crippen LogP contribution is -2.46. The van der Waals surface area contributed by atoms with Gasteiger partial charge in [0.15, 0.2) is 0 Å². The van der Waals surface area contributed by atoms with Crippen molar-refractivity contribution < 1.29 is 24.2 Å². The fourth-order valence-corrected chi connectivity index (χ4v) is 5.63. The first-order valence-electron chi connectivity index (χ1n) is 12.3. The van der Waals surface area contributed by atoms with E-state index in [1.165, 1.54) is 4.90 Å². The quantitative estimate of drug-likeness (QED) is 0.409. The van der Waals surface area contributed by atoms with E-state index in [0.717, 1.165) is 0 Å². The molecule has 190 valence electrons. The van der Waals surface area contributed by atoms with Crippen molar-refractivity contribution in [2.75, 3.05) is 18.5 Å². The van der Waals surface area contributed by atoms with E-state index in [2.05, 4.69) is 5.32 Å². The number of fused-ring (bicyclic) bond motifs is 1. The summed E-state index contributed by atoms with van der Waals surface area (Å²) in [6.07, 6.45) is 4.47. The Labute approximate surface area is 216 Å². The number of hydrogen-bond donors (Lipinski definition) is 2. The van der Waals surface area contributed by atoms with E-state index < -0.39 is 41.7 Å². The average Bonchev–Trinajstić information content (AvgIpc) is 3.18. The third kappa shape index (κ3) is 4.90. The summed E-state index contributed by atoms with van der Waals surface area (Å²) in [6, 6.07) is 14.2. The summed E-state index contributed by atoms with van der Waals surface area (Å²) in [5.41, 5.74) is 1.24. The standard InChI is InChI=1S/C28H31ClN2O5/c1-3-17-10-15-21-24(23(17)28(35)36-4-2)27(34)31(22(16-32)18-8-6-5-7-9-18)25(21)26(33)30-20-13-11-19(29)12-14-20/h5-15,17,21-25,32H,3-4,16H2,1-2H3,(H,30,33)/t17-,21+,22-,23-,24+,25+/m1/s1. The molecule has 6 atom stereocenters. The monoisotopic (exact) mass is 510 g/mol. The molecule has 7 nitrogen and oxygen atoms in total. The van der Waals surface area contributed by atoms with Gasteiger partial charge in [0, 0.05) is 16.6 Å². The van der Waals surface area contributed by atoms with Crippen LogP contribution in [0.25, 0.3) is 0 Å². The maximum Gasteiger partial charge on any atom is 0.310 e. The first-order chi connectivity index (χ1) is 17.4. The van der Waals surface area contributed by atoms with Gasteiger partial charge < -0.3 is 20.1 Å². The highest BCUT2D eigenvalue weighted by atomic mass is 35.5. The van der Waals surface area contributed by atoms with Gasteiger partial charge in [0.05, 0.1) is 31.1 Å². The molecular weight excluding hydrogens is 480 g/mol. The third-order valence-electron chi connectivity index (χ3n) is 7.15. The van der Waals surface area contributed by atoms with Crippen molar-refractivity contribution in [2.45, 2.75) is 32.4 Å². The van der Waals surface area contributed by atoms with Crippen LogP contribution in [0.5, 0.6) is 0 Å². The number of likely N-dealkylation sites (tertiary alicyclic amines) is 1. The van der Waals surface area contributed by atoms with Crippen LogP contribution in [0.3, 0.4) is 0 Å². The lowest BCUT2D eigenvalue weighted by molar-refractivity contribution is -0.156. The Hall–Kier alpha value is -3.16. The topological polar surface area (TPSA) is 95.9 Å². The van der Waals surface area contributed by atoms with Gasteiger partial charge in [-0.2, -0.15) is 0 Å². The summed E-state index contributed by atoms with van der Waals surface area (Å²) < 4.78 is 5.37. The van der Waals surface area contributed by atoms with E-state index in [9.17, 15) is 19.5 Å². The molecule has 0 bridgehead atoms. The van der Waals surface area contributed by atoms with Gasteiger partial charge in [-0.15, -0.1) is 0 Å². The van der Waals surface area contributed by atoms with Crippen molar-refractivity contribution in [3.8, 4) is 0 Å². The fraction of sp³-hybridized carbons (Fsp3) is 0.393. The van der Waals surface area contributed by atoms with E-state index in [1.54, 1.807) is 31.2 Å². The van der Waals surface area contributed by atoms with Gasteiger partial charge in [0.1, 0.15) is 6.04 Å². The van der Waals surface area contributed by atoms with Crippen LogP contribution in [-0.2, 0) is 19.1 Å². The second kappa shape index (κ2) is 11.3. The molecule has 1 aliphatic carbocycles. The number of hydrogen-bond acceptors (Lipinski definition) is 5. The van der Waals surface area contributed by atoms with Gasteiger partial charge in [-0.25, -0.2) is 0 Å². The molecule has 0 unspecified atom stereocenters. The highest BCUT2D eigenvalue weighted by Gasteiger charge is 2.59. The van der Waals surface area contributed by atoms with E-state index in [1.807, 2.05) is 49.4 Å². The van der Waals surface area contributed by atoms with Crippen molar-refractivity contribution in [2.24, 2.45) is 23.7 Å². The Morgan fingerprint density at radius 1 is 1.08 bits per heavy atom. The number of carbonyl (C=O) groups excluding carboxylic acids is 3. The molecular formula is C28H31ClN2O5. The second-order valence-corrected chi connectivity index (χ2v) is 9.57. The molecule has 0 radical (unpaired) electrons. The molecule has 1 saturated heterocycles. The van der Waals surface area contributed by atoms with Gasteiger partial charge in [0.2, 0.25) is 11.8 Å². The minimum atomic E-state index is -0.929. The van der Waals surface area contributed by atoms with Crippen LogP contribution in [0.2, 0.25) is 5.02 Å².